The number of hydrogen-bond donors (Lipinski definition) is 12. The molecule has 0 aromatic heterocycles. The van der Waals surface area contributed by atoms with Gasteiger partial charge in [-0.3, -0.25) is 0 Å². The molecule has 0 atom stereocenters. The predicted molar refractivity (Wildman–Crippen MR) is 88.0 cm³/mol. The van der Waals surface area contributed by atoms with E-state index in [9.17, 15) is 0 Å². The van der Waals surface area contributed by atoms with Crippen molar-refractivity contribution in [2.24, 2.45) is 5.41 Å². The smallest absolute Gasteiger partial charge is 0.396 e. The molecule has 0 aliphatic rings. The molecule has 12 N–H and O–H groups in total. The van der Waals surface area contributed by atoms with Crippen LogP contribution in [0.4, 0.5) is 0 Å². The monoisotopic (exact) mass is 456 g/mol. The van der Waals surface area contributed by atoms with E-state index in [1.807, 2.05) is 6.92 Å². The average molecular weight is 456 g/mol. The van der Waals surface area contributed by atoms with Gasteiger partial charge in [0.05, 0.1) is 19.8 Å². The van der Waals surface area contributed by atoms with Crippen molar-refractivity contribution in [3.8, 4) is 0 Å². The highest BCUT2D eigenvalue weighted by Crippen LogP contribution is 2.26. The standard InChI is InChI=1S/C6H14O3.C2H4.3H3O4P/c1-2-6(3-7,4-8)5-9;1-2;3*1-5(2,3)4/h7-9H,2-5H2,1H3;1-2H2;3*(H3,1,2,3,4). The van der Waals surface area contributed by atoms with Crippen molar-refractivity contribution < 1.29 is 73.1 Å². The van der Waals surface area contributed by atoms with Crippen LogP contribution in [0.1, 0.15) is 13.3 Å². The summed E-state index contributed by atoms with van der Waals surface area (Å²) in [5, 5.41) is 26.0. The van der Waals surface area contributed by atoms with E-state index in [4.69, 9.17) is 73.1 Å². The number of rotatable bonds is 4. The second kappa shape index (κ2) is 18.3. The van der Waals surface area contributed by atoms with Crippen molar-refractivity contribution in [1.82, 2.24) is 0 Å². The molecule has 0 heterocycles. The Bertz CT molecular complexity index is 342. The molecule has 0 radical (unpaired) electrons. The highest BCUT2D eigenvalue weighted by Gasteiger charge is 2.24. The van der Waals surface area contributed by atoms with Gasteiger partial charge in [-0.25, -0.2) is 13.7 Å². The van der Waals surface area contributed by atoms with Crippen LogP contribution in [0.5, 0.6) is 0 Å². The summed E-state index contributed by atoms with van der Waals surface area (Å²) < 4.78 is 26.6. The van der Waals surface area contributed by atoms with Gasteiger partial charge in [-0.15, -0.1) is 13.2 Å². The lowest BCUT2D eigenvalue weighted by molar-refractivity contribution is 0.00303. The molecule has 0 aliphatic heterocycles. The van der Waals surface area contributed by atoms with Crippen molar-refractivity contribution >= 4 is 23.5 Å². The maximum Gasteiger partial charge on any atom is 0.466 e. The van der Waals surface area contributed by atoms with Gasteiger partial charge in [-0.1, -0.05) is 6.92 Å². The molecule has 0 bridgehead atoms. The van der Waals surface area contributed by atoms with Crippen LogP contribution in [-0.4, -0.2) is 79.2 Å². The summed E-state index contributed by atoms with van der Waals surface area (Å²) >= 11 is 0. The lowest BCUT2D eigenvalue weighted by Crippen LogP contribution is -2.32. The molecule has 0 fully saturated rings. The molecule has 0 saturated heterocycles. The summed E-state index contributed by atoms with van der Waals surface area (Å²) in [7, 11) is -13.9. The van der Waals surface area contributed by atoms with Crippen LogP contribution in [-0.2, 0) is 13.7 Å². The van der Waals surface area contributed by atoms with Crippen LogP contribution in [0.2, 0.25) is 0 Å². The van der Waals surface area contributed by atoms with Gasteiger partial charge in [0.2, 0.25) is 0 Å². The van der Waals surface area contributed by atoms with Crippen LogP contribution in [0, 0.1) is 5.41 Å². The highest BCUT2D eigenvalue weighted by molar-refractivity contribution is 7.45. The Balaban J connectivity index is -0.0000000759. The summed E-state index contributed by atoms with van der Waals surface area (Å²) in [5.74, 6) is 0. The Kier molecular flexibility index (Phi) is 25.9. The fourth-order valence-corrected chi connectivity index (χ4v) is 0.485. The molecule has 15 nitrogen and oxygen atoms in total. The van der Waals surface area contributed by atoms with Gasteiger partial charge in [0.1, 0.15) is 0 Å². The molecule has 0 amide bonds. The zero-order valence-corrected chi connectivity index (χ0v) is 16.4. The first-order valence-corrected chi connectivity index (χ1v) is 10.6. The minimum Gasteiger partial charge on any atom is -0.396 e. The Morgan fingerprint density at radius 1 is 0.615 bits per heavy atom. The van der Waals surface area contributed by atoms with Crippen molar-refractivity contribution in [2.75, 3.05) is 19.8 Å². The van der Waals surface area contributed by atoms with Crippen LogP contribution in [0.15, 0.2) is 13.2 Å². The van der Waals surface area contributed by atoms with Gasteiger partial charge in [-0.2, -0.15) is 0 Å². The second-order valence-corrected chi connectivity index (χ2v) is 6.95. The van der Waals surface area contributed by atoms with E-state index in [0.29, 0.717) is 6.42 Å². The third-order valence-corrected chi connectivity index (χ3v) is 1.76. The largest absolute Gasteiger partial charge is 0.466 e. The number of hydrogen-bond acceptors (Lipinski definition) is 6. The molecule has 0 aromatic carbocycles. The lowest BCUT2D eigenvalue weighted by Gasteiger charge is -2.24. The highest BCUT2D eigenvalue weighted by atomic mass is 31.2. The topological polar surface area (TPSA) is 294 Å². The SMILES string of the molecule is C=C.CCC(CO)(CO)CO.O=P(O)(O)O.O=P(O)(O)O.O=P(O)(O)O. The van der Waals surface area contributed by atoms with Crippen molar-refractivity contribution in [2.45, 2.75) is 13.3 Å². The summed E-state index contributed by atoms with van der Waals surface area (Å²) in [4.78, 5) is 64.7. The summed E-state index contributed by atoms with van der Waals surface area (Å²) in [5.41, 5.74) is -0.667. The Morgan fingerprint density at radius 3 is 0.731 bits per heavy atom. The van der Waals surface area contributed by atoms with Gasteiger partial charge < -0.3 is 59.4 Å². The lowest BCUT2D eigenvalue weighted by atomic mass is 9.88. The number of aliphatic hydroxyl groups is 3. The van der Waals surface area contributed by atoms with E-state index in [1.54, 1.807) is 0 Å². The van der Waals surface area contributed by atoms with Crippen molar-refractivity contribution in [1.29, 1.82) is 0 Å². The van der Waals surface area contributed by atoms with Gasteiger partial charge >= 0.3 is 23.5 Å². The van der Waals surface area contributed by atoms with Crippen molar-refractivity contribution in [3.05, 3.63) is 13.2 Å². The molecule has 0 saturated carbocycles. The van der Waals surface area contributed by atoms with E-state index < -0.39 is 28.9 Å². The number of phosphoric acid groups is 3. The molecule has 0 rings (SSSR count). The molecule has 0 aliphatic carbocycles. The first-order chi connectivity index (χ1) is 11.2. The Labute approximate surface area is 149 Å². The van der Waals surface area contributed by atoms with Crippen molar-refractivity contribution in [3.63, 3.8) is 0 Å². The quantitative estimate of drug-likeness (QED) is 0.152. The summed E-state index contributed by atoms with van der Waals surface area (Å²) in [6.45, 7) is 7.35. The van der Waals surface area contributed by atoms with Gasteiger partial charge in [0.15, 0.2) is 0 Å². The van der Waals surface area contributed by atoms with E-state index >= 15 is 0 Å². The molecular formula is C8H27O15P3. The van der Waals surface area contributed by atoms with E-state index in [0.717, 1.165) is 0 Å². The maximum absolute atomic E-state index is 8.88. The van der Waals surface area contributed by atoms with E-state index in [2.05, 4.69) is 13.2 Å². The van der Waals surface area contributed by atoms with Gasteiger partial charge in [0, 0.05) is 5.41 Å². The first kappa shape index (κ1) is 36.8. The van der Waals surface area contributed by atoms with Crippen LogP contribution in [0.25, 0.3) is 0 Å². The third-order valence-electron chi connectivity index (χ3n) is 1.76. The normalized spacial score (nSPS) is 11.1. The Morgan fingerprint density at radius 2 is 0.731 bits per heavy atom. The fraction of sp³-hybridized carbons (Fsp3) is 0.750. The molecule has 18 heteroatoms. The maximum atomic E-state index is 8.88. The second-order valence-electron chi connectivity index (χ2n) is 3.87. The minimum absolute atomic E-state index is 0.156. The molecular weight excluding hydrogens is 429 g/mol. The fourth-order valence-electron chi connectivity index (χ4n) is 0.485. The van der Waals surface area contributed by atoms with Crippen LogP contribution < -0.4 is 0 Å². The van der Waals surface area contributed by atoms with E-state index in [-0.39, 0.29) is 19.8 Å². The molecule has 0 aromatic rings. The zero-order chi connectivity index (χ0) is 22.8. The molecule has 0 unspecified atom stereocenters. The van der Waals surface area contributed by atoms with Crippen LogP contribution in [0.3, 0.4) is 0 Å². The third kappa shape index (κ3) is 88.3. The summed E-state index contributed by atoms with van der Waals surface area (Å²) in [6, 6.07) is 0. The van der Waals surface area contributed by atoms with Gasteiger partial charge in [-0.05, 0) is 6.42 Å². The molecule has 0 spiro atoms. The number of aliphatic hydroxyl groups excluding tert-OH is 3. The predicted octanol–water partition coefficient (Wildman–Crippen LogP) is -2.62. The van der Waals surface area contributed by atoms with Crippen LogP contribution >= 0.6 is 23.5 Å². The molecule has 164 valence electrons. The average Bonchev–Trinajstić information content (AvgIpc) is 2.39. The van der Waals surface area contributed by atoms with E-state index in [1.165, 1.54) is 0 Å². The minimum atomic E-state index is -4.64. The Hall–Kier alpha value is -0.0500. The molecule has 26 heavy (non-hydrogen) atoms. The van der Waals surface area contributed by atoms with Gasteiger partial charge in [0.25, 0.3) is 0 Å². The first-order valence-electron chi connectivity index (χ1n) is 5.92. The summed E-state index contributed by atoms with van der Waals surface area (Å²) in [6.07, 6.45) is 0.594. The zero-order valence-electron chi connectivity index (χ0n) is 13.7.